The van der Waals surface area contributed by atoms with Crippen molar-refractivity contribution in [3.63, 3.8) is 0 Å². The van der Waals surface area contributed by atoms with Crippen LogP contribution in [0.25, 0.3) is 0 Å². The minimum absolute atomic E-state index is 0.0718. The average Bonchev–Trinajstić information content (AvgIpc) is 2.29. The number of halogens is 3. The number of rotatable bonds is 4. The Morgan fingerprint density at radius 2 is 1.90 bits per heavy atom. The summed E-state index contributed by atoms with van der Waals surface area (Å²) < 4.78 is 41.1. The zero-order chi connectivity index (χ0) is 15.7. The molecule has 0 aliphatic rings. The number of benzene rings is 1. The van der Waals surface area contributed by atoms with Crippen LogP contribution in [0, 0.1) is 11.7 Å². The van der Waals surface area contributed by atoms with Crippen LogP contribution in [-0.4, -0.2) is 20.5 Å². The lowest BCUT2D eigenvalue weighted by molar-refractivity contribution is 0.0236. The van der Waals surface area contributed by atoms with Gasteiger partial charge in [-0.25, -0.2) is 17.6 Å². The number of carbonyl (C=O) groups excluding carboxylic acids is 1. The van der Waals surface area contributed by atoms with Crippen molar-refractivity contribution in [1.29, 1.82) is 0 Å². The second-order valence-electron chi connectivity index (χ2n) is 4.56. The first-order valence-electron chi connectivity index (χ1n) is 5.68. The van der Waals surface area contributed by atoms with Gasteiger partial charge in [0.1, 0.15) is 16.8 Å². The van der Waals surface area contributed by atoms with Crippen LogP contribution in [0.2, 0.25) is 0 Å². The maximum atomic E-state index is 13.4. The summed E-state index contributed by atoms with van der Waals surface area (Å²) in [5.74, 6) is -1.64. The molecule has 0 aliphatic carbocycles. The van der Waals surface area contributed by atoms with Crippen molar-refractivity contribution in [2.45, 2.75) is 31.8 Å². The van der Waals surface area contributed by atoms with E-state index in [2.05, 4.69) is 15.9 Å². The first-order valence-corrected chi connectivity index (χ1v) is 8.79. The van der Waals surface area contributed by atoms with Crippen LogP contribution in [0.15, 0.2) is 21.5 Å². The van der Waals surface area contributed by atoms with E-state index in [0.29, 0.717) is 0 Å². The molecular formula is C12H13BrClFO4S. The lowest BCUT2D eigenvalue weighted by Crippen LogP contribution is -2.21. The van der Waals surface area contributed by atoms with Crippen molar-refractivity contribution in [2.24, 2.45) is 5.92 Å². The van der Waals surface area contributed by atoms with Crippen molar-refractivity contribution in [3.8, 4) is 0 Å². The van der Waals surface area contributed by atoms with Crippen LogP contribution in [0.3, 0.4) is 0 Å². The molecule has 0 spiro atoms. The third-order valence-electron chi connectivity index (χ3n) is 2.72. The highest BCUT2D eigenvalue weighted by molar-refractivity contribution is 9.10. The monoisotopic (exact) mass is 386 g/mol. The summed E-state index contributed by atoms with van der Waals surface area (Å²) in [7, 11) is 1.01. The van der Waals surface area contributed by atoms with Crippen molar-refractivity contribution < 1.29 is 22.3 Å². The van der Waals surface area contributed by atoms with Crippen LogP contribution in [0.1, 0.15) is 31.1 Å². The van der Waals surface area contributed by atoms with E-state index in [1.165, 1.54) is 0 Å². The summed E-state index contributed by atoms with van der Waals surface area (Å²) in [5, 5.41) is 0. The topological polar surface area (TPSA) is 60.4 Å². The Morgan fingerprint density at radius 1 is 1.35 bits per heavy atom. The second kappa shape index (κ2) is 6.41. The zero-order valence-corrected chi connectivity index (χ0v) is 14.1. The maximum Gasteiger partial charge on any atom is 0.339 e. The number of hydrogen-bond acceptors (Lipinski definition) is 4. The molecule has 0 N–H and O–H groups in total. The van der Waals surface area contributed by atoms with Gasteiger partial charge in [-0.15, -0.1) is 0 Å². The molecule has 4 nitrogen and oxygen atoms in total. The lowest BCUT2D eigenvalue weighted by Gasteiger charge is -2.17. The van der Waals surface area contributed by atoms with Gasteiger partial charge in [0, 0.05) is 10.7 Å². The van der Waals surface area contributed by atoms with E-state index >= 15 is 0 Å². The summed E-state index contributed by atoms with van der Waals surface area (Å²) >= 11 is 2.95. The number of hydrogen-bond donors (Lipinski definition) is 0. The minimum atomic E-state index is -4.18. The van der Waals surface area contributed by atoms with Crippen LogP contribution in [-0.2, 0) is 13.8 Å². The summed E-state index contributed by atoms with van der Waals surface area (Å²) in [6.07, 6.45) is -0.395. The Kier molecular flexibility index (Phi) is 5.57. The van der Waals surface area contributed by atoms with Crippen LogP contribution >= 0.6 is 26.6 Å². The van der Waals surface area contributed by atoms with Gasteiger partial charge < -0.3 is 4.74 Å². The average molecular weight is 388 g/mol. The Hall–Kier alpha value is -0.660. The first-order chi connectivity index (χ1) is 9.04. The summed E-state index contributed by atoms with van der Waals surface area (Å²) in [6.45, 7) is 5.40. The van der Waals surface area contributed by atoms with Crippen molar-refractivity contribution in [2.75, 3.05) is 0 Å². The molecule has 1 aromatic rings. The molecule has 0 aromatic heterocycles. The third kappa shape index (κ3) is 4.17. The molecular weight excluding hydrogens is 375 g/mol. The summed E-state index contributed by atoms with van der Waals surface area (Å²) in [6, 6.07) is 1.63. The molecule has 0 saturated carbocycles. The van der Waals surface area contributed by atoms with Gasteiger partial charge in [-0.05, 0) is 40.9 Å². The van der Waals surface area contributed by atoms with Crippen LogP contribution in [0.5, 0.6) is 0 Å². The molecule has 1 atom stereocenters. The van der Waals surface area contributed by atoms with Gasteiger partial charge in [-0.2, -0.15) is 0 Å². The molecule has 0 radical (unpaired) electrons. The van der Waals surface area contributed by atoms with Gasteiger partial charge in [0.05, 0.1) is 10.0 Å². The second-order valence-corrected chi connectivity index (χ2v) is 7.89. The zero-order valence-electron chi connectivity index (χ0n) is 11.0. The molecule has 0 bridgehead atoms. The predicted octanol–water partition coefficient (Wildman–Crippen LogP) is 3.72. The van der Waals surface area contributed by atoms with E-state index in [0.717, 1.165) is 12.1 Å². The molecule has 0 aliphatic heterocycles. The highest BCUT2D eigenvalue weighted by atomic mass is 79.9. The summed E-state index contributed by atoms with van der Waals surface area (Å²) in [5.41, 5.74) is -0.225. The quantitative estimate of drug-likeness (QED) is 0.583. The predicted molar refractivity (Wildman–Crippen MR) is 76.9 cm³/mol. The summed E-state index contributed by atoms with van der Waals surface area (Å²) in [4.78, 5) is 11.4. The van der Waals surface area contributed by atoms with Crippen molar-refractivity contribution in [3.05, 3.63) is 28.0 Å². The number of esters is 1. The standard InChI is InChI=1S/C12H13BrClFO4S/c1-6(2)7(3)19-12(16)9-4-8(15)5-10(11(9)13)20(14,17)18/h4-7H,1-3H3. The molecule has 20 heavy (non-hydrogen) atoms. The molecule has 1 rings (SSSR count). The molecule has 1 unspecified atom stereocenters. The van der Waals surface area contributed by atoms with Gasteiger partial charge in [-0.3, -0.25) is 0 Å². The number of ether oxygens (including phenoxy) is 1. The largest absolute Gasteiger partial charge is 0.459 e. The lowest BCUT2D eigenvalue weighted by atomic mass is 10.1. The Bertz CT molecular complexity index is 631. The fourth-order valence-corrected chi connectivity index (χ4v) is 3.51. The van der Waals surface area contributed by atoms with Gasteiger partial charge in [0.25, 0.3) is 9.05 Å². The van der Waals surface area contributed by atoms with Crippen LogP contribution in [0.4, 0.5) is 4.39 Å². The SMILES string of the molecule is CC(C)C(C)OC(=O)c1cc(F)cc(S(=O)(=O)Cl)c1Br. The molecule has 8 heteroatoms. The van der Waals surface area contributed by atoms with E-state index < -0.39 is 31.8 Å². The Morgan fingerprint density at radius 3 is 2.35 bits per heavy atom. The highest BCUT2D eigenvalue weighted by Gasteiger charge is 2.24. The van der Waals surface area contributed by atoms with Crippen LogP contribution < -0.4 is 0 Å². The van der Waals surface area contributed by atoms with E-state index in [9.17, 15) is 17.6 Å². The Balaban J connectivity index is 3.26. The van der Waals surface area contributed by atoms with Gasteiger partial charge in [0.2, 0.25) is 0 Å². The van der Waals surface area contributed by atoms with Gasteiger partial charge in [-0.1, -0.05) is 13.8 Å². The smallest absolute Gasteiger partial charge is 0.339 e. The fraction of sp³-hybridized carbons (Fsp3) is 0.417. The number of carbonyl (C=O) groups is 1. The maximum absolute atomic E-state index is 13.4. The van der Waals surface area contributed by atoms with Crippen molar-refractivity contribution >= 4 is 41.6 Å². The molecule has 1 aromatic carbocycles. The highest BCUT2D eigenvalue weighted by Crippen LogP contribution is 2.30. The Labute approximate surface area is 129 Å². The molecule has 0 heterocycles. The van der Waals surface area contributed by atoms with E-state index in [-0.39, 0.29) is 16.0 Å². The van der Waals surface area contributed by atoms with Gasteiger partial charge >= 0.3 is 5.97 Å². The van der Waals surface area contributed by atoms with Gasteiger partial charge in [0.15, 0.2) is 0 Å². The van der Waals surface area contributed by atoms with E-state index in [1.54, 1.807) is 6.92 Å². The molecule has 0 amide bonds. The minimum Gasteiger partial charge on any atom is -0.459 e. The molecule has 0 saturated heterocycles. The first kappa shape index (κ1) is 17.4. The third-order valence-corrected chi connectivity index (χ3v) is 5.18. The molecule has 112 valence electrons. The normalized spacial score (nSPS) is 13.3. The fourth-order valence-electron chi connectivity index (χ4n) is 1.26. The molecule has 0 fully saturated rings. The van der Waals surface area contributed by atoms with E-state index in [1.807, 2.05) is 13.8 Å². The van der Waals surface area contributed by atoms with E-state index in [4.69, 9.17) is 15.4 Å². The van der Waals surface area contributed by atoms with Crippen molar-refractivity contribution in [1.82, 2.24) is 0 Å².